The van der Waals surface area contributed by atoms with Gasteiger partial charge in [-0.2, -0.15) is 0 Å². The molecular formula is C16H14ClF2N. The van der Waals surface area contributed by atoms with Crippen LogP contribution >= 0.6 is 11.6 Å². The molecule has 0 unspecified atom stereocenters. The summed E-state index contributed by atoms with van der Waals surface area (Å²) >= 11 is 5.97. The quantitative estimate of drug-likeness (QED) is 0.842. The summed E-state index contributed by atoms with van der Waals surface area (Å²) in [4.78, 5) is 0. The number of benzene rings is 2. The molecule has 20 heavy (non-hydrogen) atoms. The molecule has 1 nitrogen and oxygen atoms in total. The zero-order valence-corrected chi connectivity index (χ0v) is 11.5. The highest BCUT2D eigenvalue weighted by molar-refractivity contribution is 6.30. The van der Waals surface area contributed by atoms with Gasteiger partial charge in [0.25, 0.3) is 0 Å². The molecule has 0 saturated heterocycles. The summed E-state index contributed by atoms with van der Waals surface area (Å²) in [6.07, 6.45) is 1.80. The molecule has 0 radical (unpaired) electrons. The molecule has 104 valence electrons. The lowest BCUT2D eigenvalue weighted by Crippen LogP contribution is -2.34. The first-order chi connectivity index (χ1) is 9.63. The predicted octanol–water partition coefficient (Wildman–Crippen LogP) is 4.98. The van der Waals surface area contributed by atoms with E-state index < -0.39 is 11.6 Å². The van der Waals surface area contributed by atoms with Gasteiger partial charge >= 0.3 is 0 Å². The average Bonchev–Trinajstić information content (AvgIpc) is 2.38. The molecule has 4 heteroatoms. The average molecular weight is 294 g/mol. The van der Waals surface area contributed by atoms with Crippen molar-refractivity contribution in [3.63, 3.8) is 0 Å². The number of rotatable bonds is 3. The smallest absolute Gasteiger partial charge is 0.181 e. The fourth-order valence-electron chi connectivity index (χ4n) is 2.60. The first-order valence-corrected chi connectivity index (χ1v) is 6.97. The molecular weight excluding hydrogens is 280 g/mol. The molecule has 0 bridgehead atoms. The van der Waals surface area contributed by atoms with E-state index in [9.17, 15) is 8.78 Å². The molecule has 0 heterocycles. The van der Waals surface area contributed by atoms with Crippen LogP contribution < -0.4 is 5.32 Å². The van der Waals surface area contributed by atoms with Crippen molar-refractivity contribution in [2.75, 3.05) is 5.32 Å². The Balaban J connectivity index is 1.62. The Kier molecular flexibility index (Phi) is 3.62. The molecule has 0 atom stereocenters. The third-order valence-electron chi connectivity index (χ3n) is 3.77. The van der Waals surface area contributed by atoms with E-state index in [4.69, 9.17) is 11.6 Å². The Labute approximate surface area is 121 Å². The van der Waals surface area contributed by atoms with Gasteiger partial charge in [0.05, 0.1) is 5.69 Å². The lowest BCUT2D eigenvalue weighted by Gasteiger charge is -2.37. The van der Waals surface area contributed by atoms with E-state index in [0.717, 1.165) is 23.9 Å². The SMILES string of the molecule is Fc1cccc(NC2CC(c3cccc(Cl)c3)C2)c1F. The number of hydrogen-bond acceptors (Lipinski definition) is 1. The second kappa shape index (κ2) is 5.41. The van der Waals surface area contributed by atoms with E-state index in [1.807, 2.05) is 18.2 Å². The fraction of sp³-hybridized carbons (Fsp3) is 0.250. The van der Waals surface area contributed by atoms with E-state index in [1.54, 1.807) is 6.07 Å². The number of halogens is 3. The molecule has 2 aromatic carbocycles. The van der Waals surface area contributed by atoms with Crippen molar-refractivity contribution in [1.29, 1.82) is 0 Å². The lowest BCUT2D eigenvalue weighted by molar-refractivity contribution is 0.372. The van der Waals surface area contributed by atoms with E-state index in [2.05, 4.69) is 11.4 Å². The predicted molar refractivity (Wildman–Crippen MR) is 77.2 cm³/mol. The van der Waals surface area contributed by atoms with Gasteiger partial charge in [-0.15, -0.1) is 0 Å². The van der Waals surface area contributed by atoms with Crippen LogP contribution in [0.3, 0.4) is 0 Å². The molecule has 0 spiro atoms. The van der Waals surface area contributed by atoms with Gasteiger partial charge in [0.15, 0.2) is 11.6 Å². The van der Waals surface area contributed by atoms with Gasteiger partial charge in [0.1, 0.15) is 0 Å². The summed E-state index contributed by atoms with van der Waals surface area (Å²) in [6, 6.07) is 12.2. The molecule has 1 aliphatic rings. The summed E-state index contributed by atoms with van der Waals surface area (Å²) in [5.74, 6) is -1.19. The largest absolute Gasteiger partial charge is 0.380 e. The molecule has 2 aromatic rings. The van der Waals surface area contributed by atoms with Crippen molar-refractivity contribution in [2.45, 2.75) is 24.8 Å². The highest BCUT2D eigenvalue weighted by atomic mass is 35.5. The zero-order valence-electron chi connectivity index (χ0n) is 10.7. The number of nitrogens with one attached hydrogen (secondary N) is 1. The molecule has 1 aliphatic carbocycles. The van der Waals surface area contributed by atoms with Gasteiger partial charge < -0.3 is 5.32 Å². The van der Waals surface area contributed by atoms with E-state index in [-0.39, 0.29) is 11.7 Å². The monoisotopic (exact) mass is 293 g/mol. The molecule has 0 aromatic heterocycles. The zero-order chi connectivity index (χ0) is 14.1. The van der Waals surface area contributed by atoms with Crippen LogP contribution in [0.4, 0.5) is 14.5 Å². The first-order valence-electron chi connectivity index (χ1n) is 6.59. The molecule has 0 aliphatic heterocycles. The minimum Gasteiger partial charge on any atom is -0.380 e. The van der Waals surface area contributed by atoms with Gasteiger partial charge in [-0.05, 0) is 48.6 Å². The third-order valence-corrected chi connectivity index (χ3v) is 4.00. The first kappa shape index (κ1) is 13.4. The Bertz CT molecular complexity index is 624. The molecule has 3 rings (SSSR count). The van der Waals surface area contributed by atoms with Crippen molar-refractivity contribution in [3.05, 3.63) is 64.7 Å². The van der Waals surface area contributed by atoms with Gasteiger partial charge in [0, 0.05) is 11.1 Å². The Morgan fingerprint density at radius 3 is 2.55 bits per heavy atom. The van der Waals surface area contributed by atoms with Gasteiger partial charge in [-0.25, -0.2) is 8.78 Å². The van der Waals surface area contributed by atoms with Crippen LogP contribution in [0.1, 0.15) is 24.3 Å². The van der Waals surface area contributed by atoms with Crippen LogP contribution in [0.25, 0.3) is 0 Å². The molecule has 1 fully saturated rings. The second-order valence-corrected chi connectivity index (χ2v) is 5.60. The second-order valence-electron chi connectivity index (χ2n) is 5.17. The fourth-order valence-corrected chi connectivity index (χ4v) is 2.80. The number of anilines is 1. The van der Waals surface area contributed by atoms with Crippen LogP contribution in [0.2, 0.25) is 5.02 Å². The van der Waals surface area contributed by atoms with Crippen molar-refractivity contribution in [3.8, 4) is 0 Å². The Morgan fingerprint density at radius 2 is 1.80 bits per heavy atom. The topological polar surface area (TPSA) is 12.0 Å². The summed E-state index contributed by atoms with van der Waals surface area (Å²) < 4.78 is 26.6. The van der Waals surface area contributed by atoms with E-state index in [1.165, 1.54) is 11.6 Å². The molecule has 1 N–H and O–H groups in total. The summed E-state index contributed by atoms with van der Waals surface area (Å²) in [6.45, 7) is 0. The normalized spacial score (nSPS) is 21.4. The summed E-state index contributed by atoms with van der Waals surface area (Å²) in [7, 11) is 0. The van der Waals surface area contributed by atoms with Gasteiger partial charge in [-0.3, -0.25) is 0 Å². The lowest BCUT2D eigenvalue weighted by atomic mass is 9.76. The van der Waals surface area contributed by atoms with Gasteiger partial charge in [-0.1, -0.05) is 29.8 Å². The van der Waals surface area contributed by atoms with E-state index in [0.29, 0.717) is 5.92 Å². The Morgan fingerprint density at radius 1 is 1.05 bits per heavy atom. The summed E-state index contributed by atoms with van der Waals surface area (Å²) in [5, 5.41) is 3.79. The van der Waals surface area contributed by atoms with Crippen LogP contribution in [0, 0.1) is 11.6 Å². The highest BCUT2D eigenvalue weighted by Gasteiger charge is 2.30. The van der Waals surface area contributed by atoms with Crippen LogP contribution in [0.15, 0.2) is 42.5 Å². The molecule has 0 amide bonds. The van der Waals surface area contributed by atoms with Gasteiger partial charge in [0.2, 0.25) is 0 Å². The van der Waals surface area contributed by atoms with Crippen molar-refractivity contribution in [1.82, 2.24) is 0 Å². The van der Waals surface area contributed by atoms with Crippen molar-refractivity contribution >= 4 is 17.3 Å². The maximum atomic E-state index is 13.5. The maximum absolute atomic E-state index is 13.5. The maximum Gasteiger partial charge on any atom is 0.181 e. The standard InChI is InChI=1S/C16H14ClF2N/c17-12-4-1-3-10(7-12)11-8-13(9-11)20-15-6-2-5-14(18)16(15)19/h1-7,11,13,20H,8-9H2. The van der Waals surface area contributed by atoms with Crippen LogP contribution in [-0.2, 0) is 0 Å². The number of hydrogen-bond donors (Lipinski definition) is 1. The summed E-state index contributed by atoms with van der Waals surface area (Å²) in [5.41, 5.74) is 1.44. The van der Waals surface area contributed by atoms with Crippen LogP contribution in [-0.4, -0.2) is 6.04 Å². The van der Waals surface area contributed by atoms with Crippen molar-refractivity contribution in [2.24, 2.45) is 0 Å². The minimum atomic E-state index is -0.819. The molecule has 1 saturated carbocycles. The van der Waals surface area contributed by atoms with Crippen LogP contribution in [0.5, 0.6) is 0 Å². The Hall–Kier alpha value is -1.61. The van der Waals surface area contributed by atoms with E-state index >= 15 is 0 Å². The minimum absolute atomic E-state index is 0.176. The third kappa shape index (κ3) is 2.63. The highest BCUT2D eigenvalue weighted by Crippen LogP contribution is 2.39. The van der Waals surface area contributed by atoms with Crippen molar-refractivity contribution < 1.29 is 8.78 Å².